The van der Waals surface area contributed by atoms with E-state index in [1.807, 2.05) is 18.2 Å². The summed E-state index contributed by atoms with van der Waals surface area (Å²) in [6.07, 6.45) is 0. The highest BCUT2D eigenvalue weighted by atomic mass is 16.6. The zero-order valence-electron chi connectivity index (χ0n) is 9.53. The Morgan fingerprint density at radius 1 is 1.31 bits per heavy atom. The third-order valence-electron chi connectivity index (χ3n) is 2.61. The molecule has 4 nitrogen and oxygen atoms in total. The molecule has 16 heavy (non-hydrogen) atoms. The van der Waals surface area contributed by atoms with E-state index in [0.29, 0.717) is 25.8 Å². The maximum absolute atomic E-state index is 5.54. The molecule has 0 fully saturated rings. The summed E-state index contributed by atoms with van der Waals surface area (Å²) >= 11 is 0. The first-order valence-electron chi connectivity index (χ1n) is 5.61. The van der Waals surface area contributed by atoms with E-state index < -0.39 is 0 Å². The van der Waals surface area contributed by atoms with Gasteiger partial charge in [0.05, 0.1) is 0 Å². The number of nitrogens with one attached hydrogen (secondary N) is 1. The molecule has 0 aliphatic carbocycles. The van der Waals surface area contributed by atoms with Crippen LogP contribution in [0, 0.1) is 0 Å². The van der Waals surface area contributed by atoms with Crippen LogP contribution in [-0.2, 0) is 6.54 Å². The van der Waals surface area contributed by atoms with Gasteiger partial charge in [-0.15, -0.1) is 0 Å². The largest absolute Gasteiger partial charge is 0.486 e. The van der Waals surface area contributed by atoms with Gasteiger partial charge >= 0.3 is 0 Å². The van der Waals surface area contributed by atoms with Gasteiger partial charge in [0.1, 0.15) is 13.2 Å². The SMILES string of the molecule is C[C@@H](CN)NCc1ccc2c(c1)OCCO2. The Balaban J connectivity index is 2.00. The van der Waals surface area contributed by atoms with Crippen LogP contribution in [0.3, 0.4) is 0 Å². The molecular formula is C12H18N2O2. The van der Waals surface area contributed by atoms with Gasteiger partial charge < -0.3 is 20.5 Å². The van der Waals surface area contributed by atoms with E-state index >= 15 is 0 Å². The van der Waals surface area contributed by atoms with Crippen LogP contribution < -0.4 is 20.5 Å². The van der Waals surface area contributed by atoms with Crippen LogP contribution in [-0.4, -0.2) is 25.8 Å². The summed E-state index contributed by atoms with van der Waals surface area (Å²) in [5.74, 6) is 1.67. The van der Waals surface area contributed by atoms with E-state index in [1.165, 1.54) is 5.56 Å². The van der Waals surface area contributed by atoms with Gasteiger partial charge in [0, 0.05) is 19.1 Å². The Bertz CT molecular complexity index is 355. The minimum Gasteiger partial charge on any atom is -0.486 e. The predicted molar refractivity (Wildman–Crippen MR) is 62.8 cm³/mol. The predicted octanol–water partition coefficient (Wildman–Crippen LogP) is 0.895. The van der Waals surface area contributed by atoms with Crippen LogP contribution in [0.15, 0.2) is 18.2 Å². The molecule has 0 bridgehead atoms. The molecular weight excluding hydrogens is 204 g/mol. The summed E-state index contributed by atoms with van der Waals surface area (Å²) in [6.45, 7) is 4.77. The second-order valence-electron chi connectivity index (χ2n) is 4.00. The topological polar surface area (TPSA) is 56.5 Å². The van der Waals surface area contributed by atoms with Crippen LogP contribution >= 0.6 is 0 Å². The number of hydrogen-bond acceptors (Lipinski definition) is 4. The summed E-state index contributed by atoms with van der Waals surface area (Å²) in [5.41, 5.74) is 6.72. The van der Waals surface area contributed by atoms with Crippen LogP contribution in [0.1, 0.15) is 12.5 Å². The summed E-state index contributed by atoms with van der Waals surface area (Å²) in [6, 6.07) is 6.35. The summed E-state index contributed by atoms with van der Waals surface area (Å²) in [7, 11) is 0. The highest BCUT2D eigenvalue weighted by Crippen LogP contribution is 2.30. The highest BCUT2D eigenvalue weighted by Gasteiger charge is 2.11. The lowest BCUT2D eigenvalue weighted by atomic mass is 10.2. The van der Waals surface area contributed by atoms with E-state index in [2.05, 4.69) is 12.2 Å². The molecule has 88 valence electrons. The lowest BCUT2D eigenvalue weighted by Gasteiger charge is -2.19. The normalized spacial score (nSPS) is 15.9. The smallest absolute Gasteiger partial charge is 0.161 e. The average molecular weight is 222 g/mol. The molecule has 1 heterocycles. The molecule has 0 radical (unpaired) electrons. The quantitative estimate of drug-likeness (QED) is 0.794. The molecule has 1 atom stereocenters. The van der Waals surface area contributed by atoms with Crippen LogP contribution in [0.25, 0.3) is 0 Å². The van der Waals surface area contributed by atoms with Gasteiger partial charge in [0.2, 0.25) is 0 Å². The molecule has 1 aromatic rings. The first-order valence-corrected chi connectivity index (χ1v) is 5.61. The second kappa shape index (κ2) is 5.18. The van der Waals surface area contributed by atoms with Crippen molar-refractivity contribution in [2.45, 2.75) is 19.5 Å². The Morgan fingerprint density at radius 2 is 2.06 bits per heavy atom. The van der Waals surface area contributed by atoms with Gasteiger partial charge in [-0.1, -0.05) is 6.07 Å². The van der Waals surface area contributed by atoms with Gasteiger partial charge in [0.25, 0.3) is 0 Å². The number of nitrogens with two attached hydrogens (primary N) is 1. The van der Waals surface area contributed by atoms with Crippen molar-refractivity contribution in [3.05, 3.63) is 23.8 Å². The summed E-state index contributed by atoms with van der Waals surface area (Å²) in [5, 5.41) is 3.33. The maximum Gasteiger partial charge on any atom is 0.161 e. The van der Waals surface area contributed by atoms with Gasteiger partial charge in [-0.2, -0.15) is 0 Å². The Labute approximate surface area is 95.7 Å². The lowest BCUT2D eigenvalue weighted by molar-refractivity contribution is 0.171. The molecule has 0 amide bonds. The molecule has 0 saturated carbocycles. The van der Waals surface area contributed by atoms with Gasteiger partial charge in [0.15, 0.2) is 11.5 Å². The van der Waals surface area contributed by atoms with Crippen molar-refractivity contribution >= 4 is 0 Å². The molecule has 1 aromatic carbocycles. The average Bonchev–Trinajstić information content (AvgIpc) is 2.35. The number of ether oxygens (including phenoxy) is 2. The van der Waals surface area contributed by atoms with Crippen molar-refractivity contribution in [2.75, 3.05) is 19.8 Å². The second-order valence-corrected chi connectivity index (χ2v) is 4.00. The Kier molecular flexibility index (Phi) is 3.64. The molecule has 4 heteroatoms. The number of rotatable bonds is 4. The van der Waals surface area contributed by atoms with Crippen LogP contribution in [0.5, 0.6) is 11.5 Å². The van der Waals surface area contributed by atoms with Crippen molar-refractivity contribution in [2.24, 2.45) is 5.73 Å². The standard InChI is InChI=1S/C12H18N2O2/c1-9(7-13)14-8-10-2-3-11-12(6-10)16-5-4-15-11/h2-3,6,9,14H,4-5,7-8,13H2,1H3/t9-/m0/s1. The van der Waals surface area contributed by atoms with Gasteiger partial charge in [-0.05, 0) is 24.6 Å². The highest BCUT2D eigenvalue weighted by molar-refractivity contribution is 5.43. The van der Waals surface area contributed by atoms with Crippen molar-refractivity contribution in [1.29, 1.82) is 0 Å². The third-order valence-corrected chi connectivity index (χ3v) is 2.61. The first kappa shape index (κ1) is 11.2. The molecule has 0 aromatic heterocycles. The number of benzene rings is 1. The van der Waals surface area contributed by atoms with E-state index in [9.17, 15) is 0 Å². The molecule has 0 saturated heterocycles. The zero-order valence-corrected chi connectivity index (χ0v) is 9.53. The Morgan fingerprint density at radius 3 is 2.81 bits per heavy atom. The zero-order chi connectivity index (χ0) is 11.4. The third kappa shape index (κ3) is 2.65. The van der Waals surface area contributed by atoms with E-state index in [1.54, 1.807) is 0 Å². The van der Waals surface area contributed by atoms with Crippen LogP contribution in [0.2, 0.25) is 0 Å². The molecule has 3 N–H and O–H groups in total. The molecule has 1 aliphatic rings. The molecule has 1 aliphatic heterocycles. The summed E-state index contributed by atoms with van der Waals surface area (Å²) in [4.78, 5) is 0. The maximum atomic E-state index is 5.54. The monoisotopic (exact) mass is 222 g/mol. The molecule has 0 spiro atoms. The fraction of sp³-hybridized carbons (Fsp3) is 0.500. The fourth-order valence-corrected chi connectivity index (χ4v) is 1.57. The van der Waals surface area contributed by atoms with Crippen molar-refractivity contribution in [3.63, 3.8) is 0 Å². The van der Waals surface area contributed by atoms with Crippen molar-refractivity contribution in [1.82, 2.24) is 5.32 Å². The fourth-order valence-electron chi connectivity index (χ4n) is 1.57. The van der Waals surface area contributed by atoms with Crippen molar-refractivity contribution in [3.8, 4) is 11.5 Å². The van der Waals surface area contributed by atoms with E-state index in [0.717, 1.165) is 18.0 Å². The molecule has 0 unspecified atom stereocenters. The van der Waals surface area contributed by atoms with Gasteiger partial charge in [-0.25, -0.2) is 0 Å². The van der Waals surface area contributed by atoms with E-state index in [4.69, 9.17) is 15.2 Å². The van der Waals surface area contributed by atoms with E-state index in [-0.39, 0.29) is 0 Å². The minimum atomic E-state index is 0.327. The number of fused-ring (bicyclic) bond motifs is 1. The number of hydrogen-bond donors (Lipinski definition) is 2. The summed E-state index contributed by atoms with van der Waals surface area (Å²) < 4.78 is 11.0. The molecule has 2 rings (SSSR count). The Hall–Kier alpha value is -1.26. The van der Waals surface area contributed by atoms with Gasteiger partial charge in [-0.3, -0.25) is 0 Å². The van der Waals surface area contributed by atoms with Crippen LogP contribution in [0.4, 0.5) is 0 Å². The first-order chi connectivity index (χ1) is 7.79. The van der Waals surface area contributed by atoms with Crippen molar-refractivity contribution < 1.29 is 9.47 Å². The minimum absolute atomic E-state index is 0.327. The lowest BCUT2D eigenvalue weighted by Crippen LogP contribution is -2.32.